The molecule has 6 rings (SSSR count). The Bertz CT molecular complexity index is 1450. The molecule has 2 N–H and O–H groups in total. The van der Waals surface area contributed by atoms with E-state index in [-0.39, 0.29) is 5.82 Å². The predicted molar refractivity (Wildman–Crippen MR) is 132 cm³/mol. The van der Waals surface area contributed by atoms with Gasteiger partial charge >= 0.3 is 0 Å². The van der Waals surface area contributed by atoms with E-state index in [1.807, 2.05) is 18.2 Å². The summed E-state index contributed by atoms with van der Waals surface area (Å²) < 4.78 is 15.2. The van der Waals surface area contributed by atoms with Crippen molar-refractivity contribution in [3.8, 4) is 28.6 Å². The molecule has 4 aromatic rings. The third kappa shape index (κ3) is 3.81. The second kappa shape index (κ2) is 8.73. The quantitative estimate of drug-likeness (QED) is 0.477. The summed E-state index contributed by atoms with van der Waals surface area (Å²) >= 11 is 0. The van der Waals surface area contributed by atoms with E-state index < -0.39 is 0 Å². The number of nitrogens with zero attached hydrogens (tertiary/aromatic N) is 6. The molecular weight excluding hydrogens is 443 g/mol. The van der Waals surface area contributed by atoms with Crippen LogP contribution in [-0.4, -0.2) is 64.8 Å². The van der Waals surface area contributed by atoms with Crippen LogP contribution >= 0.6 is 0 Å². The molecule has 9 heteroatoms. The second-order valence-corrected chi connectivity index (χ2v) is 9.15. The molecule has 0 saturated carbocycles. The fourth-order valence-electron chi connectivity index (χ4n) is 4.98. The van der Waals surface area contributed by atoms with Gasteiger partial charge in [0.1, 0.15) is 28.9 Å². The molecular formula is C26H25FN8. The molecule has 0 amide bonds. The van der Waals surface area contributed by atoms with E-state index in [9.17, 15) is 5.26 Å². The summed E-state index contributed by atoms with van der Waals surface area (Å²) in [6.45, 7) is 5.34. The van der Waals surface area contributed by atoms with Crippen molar-refractivity contribution >= 4 is 16.9 Å². The number of halogens is 1. The first-order chi connectivity index (χ1) is 17.1. The maximum Gasteiger partial charge on any atom is 0.132 e. The highest BCUT2D eigenvalue weighted by molar-refractivity contribution is 5.93. The van der Waals surface area contributed by atoms with Crippen molar-refractivity contribution in [2.45, 2.75) is 13.0 Å². The molecule has 1 fully saturated rings. The molecule has 1 saturated heterocycles. The Labute approximate surface area is 202 Å². The molecule has 0 spiro atoms. The summed E-state index contributed by atoms with van der Waals surface area (Å²) in [6.07, 6.45) is 2.49. The van der Waals surface area contributed by atoms with Gasteiger partial charge in [-0.1, -0.05) is 6.07 Å². The first-order valence-electron chi connectivity index (χ1n) is 11.8. The average molecular weight is 469 g/mol. The number of fused-ring (bicyclic) bond motifs is 2. The van der Waals surface area contributed by atoms with Crippen LogP contribution in [0.4, 0.5) is 10.2 Å². The number of nitrogens with one attached hydrogen (secondary N) is 2. The zero-order chi connectivity index (χ0) is 23.9. The van der Waals surface area contributed by atoms with Gasteiger partial charge < -0.3 is 15.1 Å². The van der Waals surface area contributed by atoms with Crippen LogP contribution in [0.5, 0.6) is 0 Å². The monoisotopic (exact) mass is 468 g/mol. The summed E-state index contributed by atoms with van der Waals surface area (Å²) in [5.74, 6) is 0.575. The summed E-state index contributed by atoms with van der Waals surface area (Å²) in [5.41, 5.74) is 5.73. The number of H-pyrrole nitrogens is 1. The molecule has 5 heterocycles. The first kappa shape index (κ1) is 21.6. The van der Waals surface area contributed by atoms with Gasteiger partial charge in [-0.15, -0.1) is 0 Å². The van der Waals surface area contributed by atoms with E-state index in [0.717, 1.165) is 55.2 Å². The van der Waals surface area contributed by atoms with Crippen LogP contribution < -0.4 is 10.2 Å². The van der Waals surface area contributed by atoms with Crippen molar-refractivity contribution in [1.82, 2.24) is 30.4 Å². The fraction of sp³-hybridized carbons (Fsp3) is 0.308. The van der Waals surface area contributed by atoms with Gasteiger partial charge in [0.2, 0.25) is 0 Å². The molecule has 176 valence electrons. The standard InChI is InChI=1S/C26H25FN8/c1-34-8-10-35(11-9-34)22-5-3-17(15-30-22)25-26-21(32-33-25)12-18(13-28)24(31-26)23-19-6-7-29-14-16(19)2-4-20(23)27/h2-5,12,15,29H,6-11,14H2,1H3,(H,32,33). The zero-order valence-electron chi connectivity index (χ0n) is 19.5. The van der Waals surface area contributed by atoms with Crippen molar-refractivity contribution in [3.05, 3.63) is 59.0 Å². The Morgan fingerprint density at radius 3 is 2.71 bits per heavy atom. The van der Waals surface area contributed by atoms with Crippen LogP contribution in [0, 0.1) is 17.1 Å². The van der Waals surface area contributed by atoms with E-state index in [0.29, 0.717) is 46.5 Å². The van der Waals surface area contributed by atoms with Gasteiger partial charge in [-0.05, 0) is 55.4 Å². The minimum atomic E-state index is -0.364. The van der Waals surface area contributed by atoms with Gasteiger partial charge in [0.25, 0.3) is 0 Å². The summed E-state index contributed by atoms with van der Waals surface area (Å²) in [5, 5.41) is 20.6. The number of hydrogen-bond donors (Lipinski definition) is 2. The molecule has 0 aliphatic carbocycles. The minimum Gasteiger partial charge on any atom is -0.354 e. The number of nitriles is 1. The normalized spacial score (nSPS) is 16.3. The lowest BCUT2D eigenvalue weighted by Gasteiger charge is -2.33. The van der Waals surface area contributed by atoms with Gasteiger partial charge in [-0.2, -0.15) is 10.4 Å². The third-order valence-corrected chi connectivity index (χ3v) is 6.97. The van der Waals surface area contributed by atoms with Gasteiger partial charge in [0, 0.05) is 50.0 Å². The van der Waals surface area contributed by atoms with Crippen molar-refractivity contribution in [1.29, 1.82) is 5.26 Å². The number of pyridine rings is 2. The lowest BCUT2D eigenvalue weighted by molar-refractivity contribution is 0.312. The number of anilines is 1. The topological polar surface area (TPSA) is 96.8 Å². The van der Waals surface area contributed by atoms with Crippen LogP contribution in [0.25, 0.3) is 33.5 Å². The molecule has 0 atom stereocenters. The largest absolute Gasteiger partial charge is 0.354 e. The van der Waals surface area contributed by atoms with E-state index >= 15 is 4.39 Å². The van der Waals surface area contributed by atoms with Crippen molar-refractivity contribution in [2.75, 3.05) is 44.7 Å². The molecule has 0 unspecified atom stereocenters. The smallest absolute Gasteiger partial charge is 0.132 e. The Balaban J connectivity index is 1.43. The van der Waals surface area contributed by atoms with Crippen LogP contribution in [-0.2, 0) is 13.0 Å². The number of aromatic nitrogens is 4. The van der Waals surface area contributed by atoms with E-state index in [4.69, 9.17) is 4.98 Å². The molecule has 35 heavy (non-hydrogen) atoms. The Morgan fingerprint density at radius 2 is 1.94 bits per heavy atom. The highest BCUT2D eigenvalue weighted by Gasteiger charge is 2.23. The summed E-state index contributed by atoms with van der Waals surface area (Å²) in [7, 11) is 2.13. The van der Waals surface area contributed by atoms with Crippen LogP contribution in [0.2, 0.25) is 0 Å². The van der Waals surface area contributed by atoms with E-state index in [1.54, 1.807) is 12.3 Å². The molecule has 8 nitrogen and oxygen atoms in total. The molecule has 0 radical (unpaired) electrons. The lowest BCUT2D eigenvalue weighted by atomic mass is 9.91. The van der Waals surface area contributed by atoms with E-state index in [1.165, 1.54) is 6.07 Å². The zero-order valence-corrected chi connectivity index (χ0v) is 19.5. The number of hydrogen-bond acceptors (Lipinski definition) is 7. The highest BCUT2D eigenvalue weighted by atomic mass is 19.1. The van der Waals surface area contributed by atoms with E-state index in [2.05, 4.69) is 43.4 Å². The van der Waals surface area contributed by atoms with Crippen LogP contribution in [0.1, 0.15) is 16.7 Å². The predicted octanol–water partition coefficient (Wildman–Crippen LogP) is 3.10. The van der Waals surface area contributed by atoms with Crippen molar-refractivity contribution in [2.24, 2.45) is 0 Å². The maximum atomic E-state index is 15.2. The number of rotatable bonds is 3. The van der Waals surface area contributed by atoms with Gasteiger partial charge in [0.05, 0.1) is 16.8 Å². The summed E-state index contributed by atoms with van der Waals surface area (Å²) in [6, 6.07) is 11.2. The first-order valence-corrected chi connectivity index (χ1v) is 11.8. The fourth-order valence-corrected chi connectivity index (χ4v) is 4.98. The highest BCUT2D eigenvalue weighted by Crippen LogP contribution is 2.35. The number of piperazine rings is 1. The molecule has 1 aromatic carbocycles. The minimum absolute atomic E-state index is 0.321. The molecule has 2 aliphatic rings. The number of benzene rings is 1. The maximum absolute atomic E-state index is 15.2. The third-order valence-electron chi connectivity index (χ3n) is 6.97. The van der Waals surface area contributed by atoms with Crippen molar-refractivity contribution in [3.63, 3.8) is 0 Å². The molecule has 3 aromatic heterocycles. The van der Waals surface area contributed by atoms with Crippen LogP contribution in [0.15, 0.2) is 36.5 Å². The Hall–Kier alpha value is -3.87. The number of aromatic amines is 1. The van der Waals surface area contributed by atoms with Crippen molar-refractivity contribution < 1.29 is 4.39 Å². The lowest BCUT2D eigenvalue weighted by Crippen LogP contribution is -2.44. The van der Waals surface area contributed by atoms with Gasteiger partial charge in [-0.3, -0.25) is 5.10 Å². The molecule has 2 aliphatic heterocycles. The Morgan fingerprint density at radius 1 is 1.09 bits per heavy atom. The van der Waals surface area contributed by atoms with Crippen LogP contribution in [0.3, 0.4) is 0 Å². The Kier molecular flexibility index (Phi) is 5.40. The number of likely N-dealkylation sites (N-methyl/N-ethyl adjacent to an activating group) is 1. The second-order valence-electron chi connectivity index (χ2n) is 9.15. The SMILES string of the molecule is CN1CCN(c2ccc(-c3n[nH]c4cc(C#N)c(-c5c(F)ccc6c5CCNC6)nc34)cn2)CC1. The average Bonchev–Trinajstić information content (AvgIpc) is 3.31. The summed E-state index contributed by atoms with van der Waals surface area (Å²) in [4.78, 5) is 14.1. The van der Waals surface area contributed by atoms with Gasteiger partial charge in [0.15, 0.2) is 0 Å². The molecule has 0 bridgehead atoms. The van der Waals surface area contributed by atoms with Gasteiger partial charge in [-0.25, -0.2) is 14.4 Å².